The molecule has 1 amide bonds. The van der Waals surface area contributed by atoms with E-state index in [9.17, 15) is 13.2 Å². The Hall–Kier alpha value is -1.64. The number of hydrogen-bond acceptors (Lipinski definition) is 4. The summed E-state index contributed by atoms with van der Waals surface area (Å²) in [7, 11) is -3.83. The first-order valence-corrected chi connectivity index (χ1v) is 8.30. The zero-order valence-corrected chi connectivity index (χ0v) is 12.7. The van der Waals surface area contributed by atoms with Crippen LogP contribution in [0.4, 0.5) is 11.4 Å². The molecule has 1 aliphatic rings. The highest BCUT2D eigenvalue weighted by atomic mass is 32.2. The Balaban J connectivity index is 2.09. The molecule has 2 rings (SSSR count). The number of hydrogen-bond donors (Lipinski definition) is 4. The molecule has 1 aromatic rings. The smallest absolute Gasteiger partial charge is 0.296 e. The summed E-state index contributed by atoms with van der Waals surface area (Å²) in [6, 6.07) is 6.41. The lowest BCUT2D eigenvalue weighted by Gasteiger charge is -2.33. The maximum absolute atomic E-state index is 12.3. The van der Waals surface area contributed by atoms with Crippen molar-refractivity contribution >= 4 is 27.5 Å². The van der Waals surface area contributed by atoms with Crippen LogP contribution < -0.4 is 20.5 Å². The van der Waals surface area contributed by atoms with Crippen LogP contribution in [0.3, 0.4) is 0 Å². The van der Waals surface area contributed by atoms with Gasteiger partial charge >= 0.3 is 0 Å². The molecule has 0 aliphatic carbocycles. The van der Waals surface area contributed by atoms with Gasteiger partial charge < -0.3 is 10.6 Å². The zero-order valence-electron chi connectivity index (χ0n) is 11.8. The fourth-order valence-electron chi connectivity index (χ4n) is 2.34. The molecule has 21 heavy (non-hydrogen) atoms. The minimum atomic E-state index is -3.83. The van der Waals surface area contributed by atoms with Crippen molar-refractivity contribution in [1.82, 2.24) is 5.32 Å². The van der Waals surface area contributed by atoms with Crippen LogP contribution in [-0.2, 0) is 15.0 Å². The average molecular weight is 312 g/mol. The monoisotopic (exact) mass is 312 g/mol. The topological polar surface area (TPSA) is 113 Å². The van der Waals surface area contributed by atoms with Gasteiger partial charge in [-0.15, -0.1) is 0 Å². The van der Waals surface area contributed by atoms with E-state index in [0.29, 0.717) is 11.4 Å². The quantitative estimate of drug-likeness (QED) is 0.657. The van der Waals surface area contributed by atoms with E-state index in [-0.39, 0.29) is 5.91 Å². The second kappa shape index (κ2) is 6.00. The fourth-order valence-corrected chi connectivity index (χ4v) is 2.80. The van der Waals surface area contributed by atoms with Gasteiger partial charge in [0.05, 0.1) is 11.2 Å². The second-order valence-corrected chi connectivity index (χ2v) is 6.69. The number of nitrogens with one attached hydrogen (secondary N) is 3. The number of rotatable bonds is 4. The van der Waals surface area contributed by atoms with Gasteiger partial charge in [-0.1, -0.05) is 6.07 Å². The standard InChI is InChI=1S/C13H20N4O3S/c1-13(7-2-3-8-15-13)12(18)16-10-5-4-6-11(9-10)17-21(14,19)20/h4-6,9,15,17H,2-3,7-8H2,1H3,(H,16,18)(H2,14,19,20). The maximum Gasteiger partial charge on any atom is 0.296 e. The number of anilines is 2. The van der Waals surface area contributed by atoms with Crippen molar-refractivity contribution in [2.24, 2.45) is 5.14 Å². The number of piperidine rings is 1. The van der Waals surface area contributed by atoms with Crippen molar-refractivity contribution in [2.45, 2.75) is 31.7 Å². The summed E-state index contributed by atoms with van der Waals surface area (Å²) in [5, 5.41) is 10.9. The highest BCUT2D eigenvalue weighted by molar-refractivity contribution is 7.90. The van der Waals surface area contributed by atoms with Crippen molar-refractivity contribution in [2.75, 3.05) is 16.6 Å². The summed E-state index contributed by atoms with van der Waals surface area (Å²) in [6.45, 7) is 2.69. The Labute approximate surface area is 124 Å². The Kier molecular flexibility index (Phi) is 4.50. The zero-order chi connectivity index (χ0) is 15.5. The number of amides is 1. The van der Waals surface area contributed by atoms with Crippen LogP contribution in [0.25, 0.3) is 0 Å². The van der Waals surface area contributed by atoms with Crippen molar-refractivity contribution in [3.63, 3.8) is 0 Å². The molecule has 7 nitrogen and oxygen atoms in total. The van der Waals surface area contributed by atoms with Crippen LogP contribution in [0.5, 0.6) is 0 Å². The van der Waals surface area contributed by atoms with Crippen molar-refractivity contribution in [3.05, 3.63) is 24.3 Å². The molecule has 0 radical (unpaired) electrons. The van der Waals surface area contributed by atoms with E-state index < -0.39 is 15.7 Å². The molecule has 0 aromatic heterocycles. The summed E-state index contributed by atoms with van der Waals surface area (Å²) < 4.78 is 24.2. The van der Waals surface area contributed by atoms with Gasteiger partial charge in [0.25, 0.3) is 10.2 Å². The molecule has 116 valence electrons. The van der Waals surface area contributed by atoms with Crippen LogP contribution in [0.15, 0.2) is 24.3 Å². The molecule has 1 aromatic carbocycles. The minimum absolute atomic E-state index is 0.130. The second-order valence-electron chi connectivity index (χ2n) is 5.40. The lowest BCUT2D eigenvalue weighted by atomic mass is 9.90. The first-order valence-electron chi connectivity index (χ1n) is 6.76. The Bertz CT molecular complexity index is 624. The van der Waals surface area contributed by atoms with Gasteiger partial charge in [0.2, 0.25) is 5.91 Å². The van der Waals surface area contributed by atoms with Gasteiger partial charge in [-0.2, -0.15) is 8.42 Å². The molecule has 0 saturated carbocycles. The number of carbonyl (C=O) groups excluding carboxylic acids is 1. The summed E-state index contributed by atoms with van der Waals surface area (Å²) >= 11 is 0. The highest BCUT2D eigenvalue weighted by Gasteiger charge is 2.34. The third-order valence-corrected chi connectivity index (χ3v) is 4.02. The third kappa shape index (κ3) is 4.42. The van der Waals surface area contributed by atoms with Crippen LogP contribution in [0, 0.1) is 0 Å². The van der Waals surface area contributed by atoms with E-state index in [0.717, 1.165) is 25.8 Å². The van der Waals surface area contributed by atoms with E-state index in [1.807, 2.05) is 6.92 Å². The summed E-state index contributed by atoms with van der Waals surface area (Å²) in [5.74, 6) is -0.130. The fraction of sp³-hybridized carbons (Fsp3) is 0.462. The van der Waals surface area contributed by atoms with Gasteiger partial charge in [0, 0.05) is 5.69 Å². The van der Waals surface area contributed by atoms with Crippen molar-refractivity contribution < 1.29 is 13.2 Å². The molecule has 1 atom stereocenters. The molecule has 0 spiro atoms. The predicted octanol–water partition coefficient (Wildman–Crippen LogP) is 0.773. The Morgan fingerprint density at radius 2 is 2.05 bits per heavy atom. The number of carbonyl (C=O) groups is 1. The third-order valence-electron chi connectivity index (χ3n) is 3.50. The van der Waals surface area contributed by atoms with Crippen LogP contribution in [0.1, 0.15) is 26.2 Å². The van der Waals surface area contributed by atoms with Gasteiger partial charge in [0.15, 0.2) is 0 Å². The first kappa shape index (κ1) is 15.7. The average Bonchev–Trinajstić information content (AvgIpc) is 2.38. The van der Waals surface area contributed by atoms with Gasteiger partial charge in [-0.25, -0.2) is 5.14 Å². The SMILES string of the molecule is CC1(C(=O)Nc2cccc(NS(N)(=O)=O)c2)CCCCN1. The van der Waals surface area contributed by atoms with Crippen LogP contribution in [0.2, 0.25) is 0 Å². The highest BCUT2D eigenvalue weighted by Crippen LogP contribution is 2.22. The molecule has 5 N–H and O–H groups in total. The van der Waals surface area contributed by atoms with E-state index >= 15 is 0 Å². The first-order chi connectivity index (χ1) is 9.78. The summed E-state index contributed by atoms with van der Waals surface area (Å²) in [5.41, 5.74) is 0.223. The maximum atomic E-state index is 12.3. The molecule has 1 fully saturated rings. The van der Waals surface area contributed by atoms with Gasteiger partial charge in [-0.3, -0.25) is 9.52 Å². The van der Waals surface area contributed by atoms with E-state index in [2.05, 4.69) is 15.4 Å². The molecular formula is C13H20N4O3S. The Morgan fingerprint density at radius 1 is 1.33 bits per heavy atom. The molecule has 0 bridgehead atoms. The molecule has 8 heteroatoms. The largest absolute Gasteiger partial charge is 0.324 e. The van der Waals surface area contributed by atoms with E-state index in [1.54, 1.807) is 18.2 Å². The van der Waals surface area contributed by atoms with Crippen LogP contribution >= 0.6 is 0 Å². The van der Waals surface area contributed by atoms with Gasteiger partial charge in [0.1, 0.15) is 0 Å². The number of benzene rings is 1. The van der Waals surface area contributed by atoms with E-state index in [1.165, 1.54) is 6.07 Å². The van der Waals surface area contributed by atoms with E-state index in [4.69, 9.17) is 5.14 Å². The summed E-state index contributed by atoms with van der Waals surface area (Å²) in [6.07, 6.45) is 2.84. The van der Waals surface area contributed by atoms with Crippen LogP contribution in [-0.4, -0.2) is 26.4 Å². The normalized spacial score (nSPS) is 22.6. The number of nitrogens with two attached hydrogens (primary N) is 1. The summed E-state index contributed by atoms with van der Waals surface area (Å²) in [4.78, 5) is 12.3. The molecule has 1 heterocycles. The van der Waals surface area contributed by atoms with Crippen molar-refractivity contribution in [1.29, 1.82) is 0 Å². The Morgan fingerprint density at radius 3 is 2.67 bits per heavy atom. The van der Waals surface area contributed by atoms with Gasteiger partial charge in [-0.05, 0) is 50.9 Å². The molecule has 1 aliphatic heterocycles. The molecular weight excluding hydrogens is 292 g/mol. The molecule has 1 saturated heterocycles. The lowest BCUT2D eigenvalue weighted by molar-refractivity contribution is -0.122. The van der Waals surface area contributed by atoms with Crippen molar-refractivity contribution in [3.8, 4) is 0 Å². The molecule has 1 unspecified atom stereocenters. The predicted molar refractivity (Wildman–Crippen MR) is 82.1 cm³/mol. The minimum Gasteiger partial charge on any atom is -0.324 e. The lowest BCUT2D eigenvalue weighted by Crippen LogP contribution is -2.54.